The van der Waals surface area contributed by atoms with E-state index in [1.54, 1.807) is 18.9 Å². The topological polar surface area (TPSA) is 74.1 Å². The fraction of sp³-hybridized carbons (Fsp3) is 0.167. The number of anilines is 1. The van der Waals surface area contributed by atoms with Gasteiger partial charge in [0, 0.05) is 16.8 Å². The van der Waals surface area contributed by atoms with Gasteiger partial charge in [-0.2, -0.15) is 4.68 Å². The van der Waals surface area contributed by atoms with E-state index in [9.17, 15) is 0 Å². The highest BCUT2D eigenvalue weighted by Crippen LogP contribution is 2.36. The summed E-state index contributed by atoms with van der Waals surface area (Å²) in [5.74, 6) is 2.16. The maximum Gasteiger partial charge on any atom is 0.248 e. The highest BCUT2D eigenvalue weighted by Gasteiger charge is 2.26. The van der Waals surface area contributed by atoms with Crippen LogP contribution in [-0.4, -0.2) is 34.4 Å². The van der Waals surface area contributed by atoms with Crippen LogP contribution in [0.5, 0.6) is 11.5 Å². The van der Waals surface area contributed by atoms with Gasteiger partial charge < -0.3 is 14.8 Å². The standard InChI is InChI=1S/C18H17N5O2/c1-24-13-7-5-6-12(10-13)15-11-16(23-18(19-15)20-21-22-23)14-8-3-4-9-17(14)25-2/h3-11,16H,1-2H3,(H,19,20,22)/t16-/m1/s1. The highest BCUT2D eigenvalue weighted by molar-refractivity contribution is 5.77. The summed E-state index contributed by atoms with van der Waals surface area (Å²) in [7, 11) is 3.31. The molecule has 1 aliphatic heterocycles. The summed E-state index contributed by atoms with van der Waals surface area (Å²) in [5.41, 5.74) is 2.89. The minimum absolute atomic E-state index is 0.177. The third kappa shape index (κ3) is 2.69. The van der Waals surface area contributed by atoms with Crippen molar-refractivity contribution in [2.45, 2.75) is 6.04 Å². The van der Waals surface area contributed by atoms with Crippen LogP contribution >= 0.6 is 0 Å². The maximum atomic E-state index is 5.52. The van der Waals surface area contributed by atoms with E-state index < -0.39 is 0 Å². The quantitative estimate of drug-likeness (QED) is 0.790. The molecule has 2 heterocycles. The predicted molar refractivity (Wildman–Crippen MR) is 93.5 cm³/mol. The van der Waals surface area contributed by atoms with E-state index in [4.69, 9.17) is 9.47 Å². The number of nitrogens with one attached hydrogen (secondary N) is 1. The molecule has 0 saturated heterocycles. The van der Waals surface area contributed by atoms with Gasteiger partial charge in [0.05, 0.1) is 14.2 Å². The minimum atomic E-state index is -0.177. The number of fused-ring (bicyclic) bond motifs is 1. The molecule has 7 heteroatoms. The lowest BCUT2D eigenvalue weighted by Crippen LogP contribution is -2.20. The molecule has 1 aromatic heterocycles. The molecule has 1 aliphatic rings. The van der Waals surface area contributed by atoms with Gasteiger partial charge in [0.1, 0.15) is 17.5 Å². The third-order valence-electron chi connectivity index (χ3n) is 4.17. The van der Waals surface area contributed by atoms with Gasteiger partial charge >= 0.3 is 0 Å². The Labute approximate surface area is 144 Å². The number of para-hydroxylation sites is 1. The molecule has 0 aliphatic carbocycles. The Balaban J connectivity index is 1.83. The van der Waals surface area contributed by atoms with E-state index in [0.717, 1.165) is 28.3 Å². The first kappa shape index (κ1) is 15.2. The van der Waals surface area contributed by atoms with Crippen molar-refractivity contribution in [1.29, 1.82) is 0 Å². The molecule has 0 fully saturated rings. The first-order valence-corrected chi connectivity index (χ1v) is 7.84. The Morgan fingerprint density at radius 3 is 2.76 bits per heavy atom. The van der Waals surface area contributed by atoms with Crippen LogP contribution < -0.4 is 14.8 Å². The van der Waals surface area contributed by atoms with Crippen LogP contribution in [0.1, 0.15) is 17.2 Å². The Morgan fingerprint density at radius 2 is 1.92 bits per heavy atom. The molecule has 7 nitrogen and oxygen atoms in total. The molecule has 0 radical (unpaired) electrons. The third-order valence-corrected chi connectivity index (χ3v) is 4.17. The van der Waals surface area contributed by atoms with E-state index >= 15 is 0 Å². The van der Waals surface area contributed by atoms with Gasteiger partial charge in [-0.25, -0.2) is 0 Å². The van der Waals surface area contributed by atoms with Gasteiger partial charge in [0.25, 0.3) is 0 Å². The number of allylic oxidation sites excluding steroid dienone is 1. The molecule has 0 amide bonds. The van der Waals surface area contributed by atoms with E-state index in [0.29, 0.717) is 5.95 Å². The summed E-state index contributed by atoms with van der Waals surface area (Å²) >= 11 is 0. The fourth-order valence-electron chi connectivity index (χ4n) is 2.95. The van der Waals surface area contributed by atoms with Crippen molar-refractivity contribution in [3.63, 3.8) is 0 Å². The van der Waals surface area contributed by atoms with Crippen molar-refractivity contribution in [3.05, 3.63) is 65.7 Å². The summed E-state index contributed by atoms with van der Waals surface area (Å²) in [4.78, 5) is 0. The van der Waals surface area contributed by atoms with Gasteiger partial charge in [0.2, 0.25) is 5.95 Å². The molecule has 1 N–H and O–H groups in total. The van der Waals surface area contributed by atoms with Crippen molar-refractivity contribution in [1.82, 2.24) is 20.2 Å². The van der Waals surface area contributed by atoms with Crippen molar-refractivity contribution in [2.24, 2.45) is 0 Å². The van der Waals surface area contributed by atoms with Gasteiger partial charge in [-0.3, -0.25) is 0 Å². The van der Waals surface area contributed by atoms with Crippen LogP contribution in [0.2, 0.25) is 0 Å². The van der Waals surface area contributed by atoms with Crippen molar-refractivity contribution < 1.29 is 9.47 Å². The van der Waals surface area contributed by atoms with Crippen LogP contribution in [0.4, 0.5) is 5.95 Å². The number of methoxy groups -OCH3 is 2. The number of rotatable bonds is 4. The lowest BCUT2D eigenvalue weighted by Gasteiger charge is -2.24. The van der Waals surface area contributed by atoms with Gasteiger partial charge in [-0.15, -0.1) is 0 Å². The number of hydrogen-bond acceptors (Lipinski definition) is 6. The second kappa shape index (κ2) is 6.27. The molecular weight excluding hydrogens is 318 g/mol. The Bertz CT molecular complexity index is 934. The van der Waals surface area contributed by atoms with Crippen LogP contribution in [0.25, 0.3) is 5.70 Å². The van der Waals surface area contributed by atoms with Crippen LogP contribution in [-0.2, 0) is 0 Å². The largest absolute Gasteiger partial charge is 0.497 e. The monoisotopic (exact) mass is 335 g/mol. The van der Waals surface area contributed by atoms with Crippen LogP contribution in [0.3, 0.4) is 0 Å². The molecule has 0 spiro atoms. The molecule has 4 rings (SSSR count). The molecule has 0 bridgehead atoms. The summed E-state index contributed by atoms with van der Waals surface area (Å²) in [6.45, 7) is 0. The van der Waals surface area contributed by atoms with E-state index in [-0.39, 0.29) is 6.04 Å². The molecule has 1 atom stereocenters. The Kier molecular flexibility index (Phi) is 3.81. The van der Waals surface area contributed by atoms with Crippen LogP contribution in [0.15, 0.2) is 54.6 Å². The van der Waals surface area contributed by atoms with E-state index in [2.05, 4.69) is 26.9 Å². The Hall–Kier alpha value is -3.35. The van der Waals surface area contributed by atoms with Crippen molar-refractivity contribution >= 4 is 11.6 Å². The highest BCUT2D eigenvalue weighted by atomic mass is 16.5. The first-order valence-electron chi connectivity index (χ1n) is 7.84. The fourth-order valence-corrected chi connectivity index (χ4v) is 2.95. The number of nitrogens with zero attached hydrogens (tertiary/aromatic N) is 4. The number of tetrazole rings is 1. The van der Waals surface area contributed by atoms with E-state index in [1.807, 2.05) is 48.5 Å². The molecule has 25 heavy (non-hydrogen) atoms. The number of ether oxygens (including phenoxy) is 2. The molecule has 126 valence electrons. The summed E-state index contributed by atoms with van der Waals surface area (Å²) in [5, 5.41) is 15.3. The number of aromatic nitrogens is 4. The summed E-state index contributed by atoms with van der Waals surface area (Å²) in [6, 6.07) is 15.5. The zero-order chi connectivity index (χ0) is 17.2. The second-order valence-corrected chi connectivity index (χ2v) is 5.57. The average Bonchev–Trinajstić information content (AvgIpc) is 3.16. The molecular formula is C18H17N5O2. The normalized spacial score (nSPS) is 15.8. The summed E-state index contributed by atoms with van der Waals surface area (Å²) < 4.78 is 12.6. The smallest absolute Gasteiger partial charge is 0.248 e. The Morgan fingerprint density at radius 1 is 1.04 bits per heavy atom. The maximum absolute atomic E-state index is 5.52. The van der Waals surface area contributed by atoms with Crippen molar-refractivity contribution in [3.8, 4) is 11.5 Å². The SMILES string of the molecule is COc1cccc(C2=C[C@H](c3ccccc3OC)n3nnnc3N2)c1. The zero-order valence-electron chi connectivity index (χ0n) is 13.9. The minimum Gasteiger partial charge on any atom is -0.497 e. The van der Waals surface area contributed by atoms with Gasteiger partial charge in [-0.1, -0.05) is 35.4 Å². The lowest BCUT2D eigenvalue weighted by molar-refractivity contribution is 0.403. The van der Waals surface area contributed by atoms with Gasteiger partial charge in [0.15, 0.2) is 0 Å². The second-order valence-electron chi connectivity index (χ2n) is 5.57. The average molecular weight is 335 g/mol. The zero-order valence-corrected chi connectivity index (χ0v) is 13.9. The molecule has 3 aromatic rings. The number of benzene rings is 2. The van der Waals surface area contributed by atoms with Crippen LogP contribution in [0, 0.1) is 0 Å². The lowest BCUT2D eigenvalue weighted by atomic mass is 10.0. The summed E-state index contributed by atoms with van der Waals surface area (Å²) in [6.07, 6.45) is 2.08. The predicted octanol–water partition coefficient (Wildman–Crippen LogP) is 2.75. The molecule has 0 saturated carbocycles. The molecule has 2 aromatic carbocycles. The van der Waals surface area contributed by atoms with E-state index in [1.165, 1.54) is 0 Å². The first-order chi connectivity index (χ1) is 12.3. The molecule has 0 unspecified atom stereocenters. The van der Waals surface area contributed by atoms with Gasteiger partial charge in [-0.05, 0) is 34.7 Å². The number of hydrogen-bond donors (Lipinski definition) is 1. The van der Waals surface area contributed by atoms with Crippen molar-refractivity contribution in [2.75, 3.05) is 19.5 Å².